The first-order chi connectivity index (χ1) is 8.11. The molecule has 0 saturated carbocycles. The Balaban J connectivity index is 2.14. The summed E-state index contributed by atoms with van der Waals surface area (Å²) in [6, 6.07) is 0. The molecule has 4 nitrogen and oxygen atoms in total. The number of rotatable bonds is 6. The van der Waals surface area contributed by atoms with Crippen molar-refractivity contribution in [3.63, 3.8) is 0 Å². The minimum atomic E-state index is 0.0927. The quantitative estimate of drug-likeness (QED) is 0.719. The van der Waals surface area contributed by atoms with Crippen molar-refractivity contribution in [3.05, 3.63) is 0 Å². The lowest BCUT2D eigenvalue weighted by molar-refractivity contribution is -0.119. The maximum Gasteiger partial charge on any atom is 0.216 e. The van der Waals surface area contributed by atoms with Crippen LogP contribution in [0.2, 0.25) is 0 Å². The second-order valence-corrected chi connectivity index (χ2v) is 5.34. The first-order valence-corrected chi connectivity index (χ1v) is 6.73. The average molecular weight is 241 g/mol. The van der Waals surface area contributed by atoms with Gasteiger partial charge >= 0.3 is 0 Å². The molecule has 0 aliphatic carbocycles. The van der Waals surface area contributed by atoms with Crippen molar-refractivity contribution in [1.29, 1.82) is 0 Å². The minimum Gasteiger partial charge on any atom is -0.356 e. The molecule has 0 aromatic rings. The molecule has 1 rings (SSSR count). The Morgan fingerprint density at radius 2 is 2.06 bits per heavy atom. The summed E-state index contributed by atoms with van der Waals surface area (Å²) >= 11 is 0. The van der Waals surface area contributed by atoms with Crippen LogP contribution in [0.4, 0.5) is 0 Å². The number of hydrogen-bond donors (Lipinski definition) is 2. The highest BCUT2D eigenvalue weighted by Gasteiger charge is 2.20. The lowest BCUT2D eigenvalue weighted by Gasteiger charge is -2.33. The predicted molar refractivity (Wildman–Crippen MR) is 70.9 cm³/mol. The second kappa shape index (κ2) is 7.67. The van der Waals surface area contributed by atoms with Crippen LogP contribution in [0.15, 0.2) is 0 Å². The van der Waals surface area contributed by atoms with Crippen molar-refractivity contribution in [1.82, 2.24) is 15.5 Å². The first-order valence-electron chi connectivity index (χ1n) is 6.73. The van der Waals surface area contributed by atoms with Crippen molar-refractivity contribution in [3.8, 4) is 0 Å². The first kappa shape index (κ1) is 14.5. The van der Waals surface area contributed by atoms with Crippen molar-refractivity contribution in [2.75, 3.05) is 39.8 Å². The van der Waals surface area contributed by atoms with Crippen LogP contribution in [-0.2, 0) is 4.79 Å². The Labute approximate surface area is 105 Å². The van der Waals surface area contributed by atoms with Gasteiger partial charge in [0.15, 0.2) is 0 Å². The summed E-state index contributed by atoms with van der Waals surface area (Å²) in [4.78, 5) is 13.4. The zero-order chi connectivity index (χ0) is 12.7. The molecule has 1 atom stereocenters. The summed E-state index contributed by atoms with van der Waals surface area (Å²) in [6.07, 6.45) is 2.43. The van der Waals surface area contributed by atoms with E-state index in [-0.39, 0.29) is 5.91 Å². The van der Waals surface area contributed by atoms with Gasteiger partial charge in [0.05, 0.1) is 0 Å². The van der Waals surface area contributed by atoms with E-state index in [2.05, 4.69) is 22.5 Å². The molecule has 0 radical (unpaired) electrons. The minimum absolute atomic E-state index is 0.0927. The van der Waals surface area contributed by atoms with Gasteiger partial charge in [0.1, 0.15) is 0 Å². The fraction of sp³-hybridized carbons (Fsp3) is 0.923. The monoisotopic (exact) mass is 241 g/mol. The van der Waals surface area contributed by atoms with Crippen LogP contribution in [-0.4, -0.2) is 50.6 Å². The maximum absolute atomic E-state index is 10.8. The van der Waals surface area contributed by atoms with E-state index in [1.165, 1.54) is 32.5 Å². The van der Waals surface area contributed by atoms with Crippen LogP contribution >= 0.6 is 0 Å². The summed E-state index contributed by atoms with van der Waals surface area (Å²) in [5, 5.41) is 6.15. The van der Waals surface area contributed by atoms with E-state index < -0.39 is 0 Å². The maximum atomic E-state index is 10.8. The van der Waals surface area contributed by atoms with Crippen LogP contribution in [0, 0.1) is 11.8 Å². The normalized spacial score (nSPS) is 20.2. The lowest BCUT2D eigenvalue weighted by atomic mass is 9.96. The summed E-state index contributed by atoms with van der Waals surface area (Å²) in [5.74, 6) is 1.48. The van der Waals surface area contributed by atoms with Crippen molar-refractivity contribution in [2.24, 2.45) is 11.8 Å². The Bertz CT molecular complexity index is 225. The zero-order valence-electron chi connectivity index (χ0n) is 11.5. The number of nitrogens with zero attached hydrogens (tertiary/aromatic N) is 1. The molecule has 1 unspecified atom stereocenters. The number of likely N-dealkylation sites (tertiary alicyclic amines) is 1. The smallest absolute Gasteiger partial charge is 0.216 e. The van der Waals surface area contributed by atoms with Gasteiger partial charge in [-0.1, -0.05) is 6.92 Å². The summed E-state index contributed by atoms with van der Waals surface area (Å²) in [6.45, 7) is 9.37. The highest BCUT2D eigenvalue weighted by molar-refractivity contribution is 5.72. The number of piperidine rings is 1. The Morgan fingerprint density at radius 3 is 2.59 bits per heavy atom. The topological polar surface area (TPSA) is 44.4 Å². The predicted octanol–water partition coefficient (Wildman–Crippen LogP) is 0.690. The molecule has 1 aliphatic heterocycles. The molecule has 4 heteroatoms. The highest BCUT2D eigenvalue weighted by Crippen LogP contribution is 2.17. The van der Waals surface area contributed by atoms with Gasteiger partial charge in [-0.2, -0.15) is 0 Å². The Kier molecular flexibility index (Phi) is 6.52. The molecule has 1 heterocycles. The van der Waals surface area contributed by atoms with Gasteiger partial charge in [-0.25, -0.2) is 0 Å². The fourth-order valence-electron chi connectivity index (χ4n) is 2.51. The summed E-state index contributed by atoms with van der Waals surface area (Å²) in [5.41, 5.74) is 0. The van der Waals surface area contributed by atoms with Crippen LogP contribution < -0.4 is 10.6 Å². The second-order valence-electron chi connectivity index (χ2n) is 5.34. The SMILES string of the molecule is CNCC(C)CN1CCC(CNC(C)=O)CC1. The van der Waals surface area contributed by atoms with Gasteiger partial charge in [-0.05, 0) is 51.4 Å². The van der Waals surface area contributed by atoms with E-state index >= 15 is 0 Å². The number of nitrogens with one attached hydrogen (secondary N) is 2. The van der Waals surface area contributed by atoms with Gasteiger partial charge in [-0.3, -0.25) is 4.79 Å². The molecule has 0 aromatic carbocycles. The molecule has 2 N–H and O–H groups in total. The lowest BCUT2D eigenvalue weighted by Crippen LogP contribution is -2.41. The molecule has 1 saturated heterocycles. The molecule has 0 aromatic heterocycles. The van der Waals surface area contributed by atoms with E-state index in [1.807, 2.05) is 7.05 Å². The molecule has 1 aliphatic rings. The number of amides is 1. The average Bonchev–Trinajstić information content (AvgIpc) is 2.28. The van der Waals surface area contributed by atoms with Crippen LogP contribution in [0.3, 0.4) is 0 Å². The third kappa shape index (κ3) is 6.03. The van der Waals surface area contributed by atoms with E-state index in [9.17, 15) is 4.79 Å². The molecule has 0 bridgehead atoms. The standard InChI is InChI=1S/C13H27N3O/c1-11(8-14-3)10-16-6-4-13(5-7-16)9-15-12(2)17/h11,13-14H,4-10H2,1-3H3,(H,15,17). The number of carbonyl (C=O) groups excluding carboxylic acids is 1. The highest BCUT2D eigenvalue weighted by atomic mass is 16.1. The Morgan fingerprint density at radius 1 is 1.41 bits per heavy atom. The van der Waals surface area contributed by atoms with Crippen molar-refractivity contribution in [2.45, 2.75) is 26.7 Å². The number of hydrogen-bond acceptors (Lipinski definition) is 3. The van der Waals surface area contributed by atoms with Gasteiger partial charge in [0.2, 0.25) is 5.91 Å². The Hall–Kier alpha value is -0.610. The molecule has 100 valence electrons. The summed E-state index contributed by atoms with van der Waals surface area (Å²) in [7, 11) is 2.01. The molecular weight excluding hydrogens is 214 g/mol. The van der Waals surface area contributed by atoms with E-state index in [0.717, 1.165) is 13.1 Å². The van der Waals surface area contributed by atoms with Gasteiger partial charge in [0.25, 0.3) is 0 Å². The third-order valence-electron chi connectivity index (χ3n) is 3.47. The van der Waals surface area contributed by atoms with Crippen LogP contribution in [0.25, 0.3) is 0 Å². The fourth-order valence-corrected chi connectivity index (χ4v) is 2.51. The number of carbonyl (C=O) groups is 1. The third-order valence-corrected chi connectivity index (χ3v) is 3.47. The van der Waals surface area contributed by atoms with E-state index in [4.69, 9.17) is 0 Å². The van der Waals surface area contributed by atoms with Crippen molar-refractivity contribution >= 4 is 5.91 Å². The van der Waals surface area contributed by atoms with Crippen molar-refractivity contribution < 1.29 is 4.79 Å². The van der Waals surface area contributed by atoms with E-state index in [0.29, 0.717) is 11.8 Å². The van der Waals surface area contributed by atoms with Crippen LogP contribution in [0.1, 0.15) is 26.7 Å². The van der Waals surface area contributed by atoms with Gasteiger partial charge < -0.3 is 15.5 Å². The molecular formula is C13H27N3O. The van der Waals surface area contributed by atoms with Crippen LogP contribution in [0.5, 0.6) is 0 Å². The van der Waals surface area contributed by atoms with Gasteiger partial charge in [-0.15, -0.1) is 0 Å². The zero-order valence-corrected chi connectivity index (χ0v) is 11.5. The van der Waals surface area contributed by atoms with E-state index in [1.54, 1.807) is 6.92 Å². The molecule has 1 fully saturated rings. The largest absolute Gasteiger partial charge is 0.356 e. The summed E-state index contributed by atoms with van der Waals surface area (Å²) < 4.78 is 0. The molecule has 0 spiro atoms. The van der Waals surface area contributed by atoms with Gasteiger partial charge in [0, 0.05) is 20.0 Å². The molecule has 17 heavy (non-hydrogen) atoms. The molecule has 1 amide bonds.